The Morgan fingerprint density at radius 3 is 2.83 bits per heavy atom. The fraction of sp³-hybridized carbons (Fsp3) is 0.571. The lowest BCUT2D eigenvalue weighted by atomic mass is 10.0. The van der Waals surface area contributed by atoms with E-state index in [2.05, 4.69) is 10.1 Å². The number of carbonyl (C=O) groups is 2. The SMILES string of the molecule is CC(=O)N1CCc2nc(C3CCN(C(=O)C(C)Cn4ccc(C)n4)C3)ncc2C1. The Morgan fingerprint density at radius 1 is 1.28 bits per heavy atom. The molecule has 0 spiro atoms. The topological polar surface area (TPSA) is 84.2 Å². The van der Waals surface area contributed by atoms with Gasteiger partial charge in [-0.2, -0.15) is 5.10 Å². The first-order valence-electron chi connectivity index (χ1n) is 10.3. The highest BCUT2D eigenvalue weighted by molar-refractivity contribution is 5.78. The highest BCUT2D eigenvalue weighted by Gasteiger charge is 2.32. The van der Waals surface area contributed by atoms with Gasteiger partial charge in [0.2, 0.25) is 11.8 Å². The number of aryl methyl sites for hydroxylation is 1. The second-order valence-electron chi connectivity index (χ2n) is 8.24. The molecule has 8 nitrogen and oxygen atoms in total. The number of nitrogens with zero attached hydrogens (tertiary/aromatic N) is 6. The summed E-state index contributed by atoms with van der Waals surface area (Å²) in [6, 6.07) is 1.95. The van der Waals surface area contributed by atoms with Crippen LogP contribution in [0.25, 0.3) is 0 Å². The smallest absolute Gasteiger partial charge is 0.227 e. The third-order valence-corrected chi connectivity index (χ3v) is 5.92. The van der Waals surface area contributed by atoms with Gasteiger partial charge in [-0.1, -0.05) is 6.92 Å². The summed E-state index contributed by atoms with van der Waals surface area (Å²) in [5.74, 6) is 1.13. The van der Waals surface area contributed by atoms with Gasteiger partial charge in [-0.05, 0) is 19.4 Å². The van der Waals surface area contributed by atoms with Gasteiger partial charge in [0.1, 0.15) is 5.82 Å². The molecule has 0 bridgehead atoms. The van der Waals surface area contributed by atoms with Crippen LogP contribution in [0.1, 0.15) is 49.0 Å². The Balaban J connectivity index is 1.38. The van der Waals surface area contributed by atoms with Crippen LogP contribution in [0.3, 0.4) is 0 Å². The van der Waals surface area contributed by atoms with Crippen molar-refractivity contribution in [3.8, 4) is 0 Å². The average Bonchev–Trinajstić information content (AvgIpc) is 3.35. The van der Waals surface area contributed by atoms with Crippen molar-refractivity contribution in [1.82, 2.24) is 29.5 Å². The molecule has 2 amide bonds. The molecule has 154 valence electrons. The first-order valence-corrected chi connectivity index (χ1v) is 10.3. The zero-order valence-electron chi connectivity index (χ0n) is 17.3. The van der Waals surface area contributed by atoms with Crippen LogP contribution in [0.2, 0.25) is 0 Å². The molecule has 1 fully saturated rings. The van der Waals surface area contributed by atoms with Crippen molar-refractivity contribution in [2.75, 3.05) is 19.6 Å². The third-order valence-electron chi connectivity index (χ3n) is 5.92. The molecule has 0 N–H and O–H groups in total. The lowest BCUT2D eigenvalue weighted by molar-refractivity contribution is -0.134. The van der Waals surface area contributed by atoms with Crippen LogP contribution in [-0.2, 0) is 29.1 Å². The Labute approximate surface area is 170 Å². The maximum atomic E-state index is 12.9. The van der Waals surface area contributed by atoms with Crippen LogP contribution >= 0.6 is 0 Å². The highest BCUT2D eigenvalue weighted by atomic mass is 16.2. The second-order valence-corrected chi connectivity index (χ2v) is 8.24. The van der Waals surface area contributed by atoms with Crippen molar-refractivity contribution in [2.24, 2.45) is 5.92 Å². The van der Waals surface area contributed by atoms with E-state index in [0.717, 1.165) is 42.2 Å². The molecule has 1 saturated heterocycles. The fourth-order valence-electron chi connectivity index (χ4n) is 4.20. The number of rotatable bonds is 4. The molecular formula is C21H28N6O2. The first-order chi connectivity index (χ1) is 13.9. The van der Waals surface area contributed by atoms with E-state index in [1.54, 1.807) is 6.92 Å². The summed E-state index contributed by atoms with van der Waals surface area (Å²) in [4.78, 5) is 37.6. The van der Waals surface area contributed by atoms with Crippen LogP contribution in [0.4, 0.5) is 0 Å². The summed E-state index contributed by atoms with van der Waals surface area (Å²) in [5, 5.41) is 4.38. The third kappa shape index (κ3) is 4.16. The Kier molecular flexibility index (Phi) is 5.34. The molecule has 2 aromatic rings. The lowest BCUT2D eigenvalue weighted by Gasteiger charge is -2.27. The summed E-state index contributed by atoms with van der Waals surface area (Å²) in [7, 11) is 0. The predicted molar refractivity (Wildman–Crippen MR) is 107 cm³/mol. The normalized spacial score (nSPS) is 19.9. The van der Waals surface area contributed by atoms with E-state index in [9.17, 15) is 9.59 Å². The van der Waals surface area contributed by atoms with E-state index in [0.29, 0.717) is 26.2 Å². The van der Waals surface area contributed by atoms with E-state index < -0.39 is 0 Å². The molecular weight excluding hydrogens is 368 g/mol. The molecule has 0 saturated carbocycles. The van der Waals surface area contributed by atoms with Gasteiger partial charge in [0.15, 0.2) is 0 Å². The van der Waals surface area contributed by atoms with Crippen LogP contribution < -0.4 is 0 Å². The lowest BCUT2D eigenvalue weighted by Crippen LogP contribution is -2.35. The van der Waals surface area contributed by atoms with Gasteiger partial charge in [-0.3, -0.25) is 14.3 Å². The van der Waals surface area contributed by atoms with Crippen molar-refractivity contribution >= 4 is 11.8 Å². The number of carbonyl (C=O) groups excluding carboxylic acids is 2. The van der Waals surface area contributed by atoms with Gasteiger partial charge in [0.05, 0.1) is 23.9 Å². The molecule has 2 atom stereocenters. The van der Waals surface area contributed by atoms with Crippen molar-refractivity contribution in [3.63, 3.8) is 0 Å². The zero-order valence-corrected chi connectivity index (χ0v) is 17.3. The molecule has 8 heteroatoms. The fourth-order valence-corrected chi connectivity index (χ4v) is 4.20. The van der Waals surface area contributed by atoms with Crippen LogP contribution in [-0.4, -0.2) is 61.0 Å². The van der Waals surface area contributed by atoms with Gasteiger partial charge in [-0.25, -0.2) is 9.97 Å². The maximum Gasteiger partial charge on any atom is 0.227 e. The maximum absolute atomic E-state index is 12.9. The van der Waals surface area contributed by atoms with Gasteiger partial charge in [0.25, 0.3) is 0 Å². The van der Waals surface area contributed by atoms with E-state index in [-0.39, 0.29) is 23.7 Å². The Morgan fingerprint density at radius 2 is 2.10 bits per heavy atom. The number of fused-ring (bicyclic) bond motifs is 1. The second kappa shape index (κ2) is 7.93. The number of likely N-dealkylation sites (tertiary alicyclic amines) is 1. The number of hydrogen-bond acceptors (Lipinski definition) is 5. The van der Waals surface area contributed by atoms with Gasteiger partial charge < -0.3 is 9.80 Å². The molecule has 2 aliphatic heterocycles. The standard InChI is InChI=1S/C21H28N6O2/c1-14(11-27-9-4-15(2)24-27)21(29)26-7-5-17(12-26)20-22-10-18-13-25(16(3)28)8-6-19(18)23-20/h4,9-10,14,17H,5-8,11-13H2,1-3H3. The summed E-state index contributed by atoms with van der Waals surface area (Å²) >= 11 is 0. The van der Waals surface area contributed by atoms with E-state index >= 15 is 0 Å². The molecule has 0 radical (unpaired) electrons. The number of hydrogen-bond donors (Lipinski definition) is 0. The average molecular weight is 396 g/mol. The van der Waals surface area contributed by atoms with Crippen molar-refractivity contribution < 1.29 is 9.59 Å². The summed E-state index contributed by atoms with van der Waals surface area (Å²) in [6.07, 6.45) is 5.43. The Hall–Kier alpha value is -2.77. The molecule has 4 heterocycles. The molecule has 2 unspecified atom stereocenters. The van der Waals surface area contributed by atoms with Crippen molar-refractivity contribution in [1.29, 1.82) is 0 Å². The van der Waals surface area contributed by atoms with E-state index in [4.69, 9.17) is 4.98 Å². The van der Waals surface area contributed by atoms with Gasteiger partial charge in [-0.15, -0.1) is 0 Å². The largest absolute Gasteiger partial charge is 0.342 e. The number of amides is 2. The van der Waals surface area contributed by atoms with Crippen LogP contribution in [0.15, 0.2) is 18.5 Å². The van der Waals surface area contributed by atoms with Gasteiger partial charge >= 0.3 is 0 Å². The highest BCUT2D eigenvalue weighted by Crippen LogP contribution is 2.27. The zero-order chi connectivity index (χ0) is 20.5. The minimum Gasteiger partial charge on any atom is -0.342 e. The van der Waals surface area contributed by atoms with Gasteiger partial charge in [0, 0.05) is 63.4 Å². The minimum absolute atomic E-state index is 0.0871. The molecule has 4 rings (SSSR count). The summed E-state index contributed by atoms with van der Waals surface area (Å²) in [5.41, 5.74) is 3.03. The molecule has 29 heavy (non-hydrogen) atoms. The number of aromatic nitrogens is 4. The monoisotopic (exact) mass is 396 g/mol. The molecule has 0 aromatic carbocycles. The molecule has 2 aromatic heterocycles. The van der Waals surface area contributed by atoms with E-state index in [1.807, 2.05) is 46.8 Å². The molecule has 2 aliphatic rings. The van der Waals surface area contributed by atoms with Crippen molar-refractivity contribution in [2.45, 2.75) is 52.6 Å². The quantitative estimate of drug-likeness (QED) is 0.783. The van der Waals surface area contributed by atoms with Crippen molar-refractivity contribution in [3.05, 3.63) is 41.2 Å². The minimum atomic E-state index is -0.116. The summed E-state index contributed by atoms with van der Waals surface area (Å²) in [6.45, 7) is 8.80. The Bertz CT molecular complexity index is 924. The van der Waals surface area contributed by atoms with E-state index in [1.165, 1.54) is 0 Å². The summed E-state index contributed by atoms with van der Waals surface area (Å²) < 4.78 is 1.84. The van der Waals surface area contributed by atoms with Crippen LogP contribution in [0, 0.1) is 12.8 Å². The predicted octanol–water partition coefficient (Wildman–Crippen LogP) is 1.54. The van der Waals surface area contributed by atoms with Crippen LogP contribution in [0.5, 0.6) is 0 Å². The molecule has 0 aliphatic carbocycles. The first kappa shape index (κ1) is 19.5.